The van der Waals surface area contributed by atoms with Gasteiger partial charge in [-0.2, -0.15) is 0 Å². The number of ketones is 1. The molecule has 1 atom stereocenters. The third kappa shape index (κ3) is 8.04. The summed E-state index contributed by atoms with van der Waals surface area (Å²) in [6.07, 6.45) is 1.94. The fourth-order valence-electron chi connectivity index (χ4n) is 1.31. The fourth-order valence-corrected chi connectivity index (χ4v) is 1.31. The maximum Gasteiger partial charge on any atom is 0.410 e. The number of carbonyl (C=O) groups excluding carboxylic acids is 3. The highest BCUT2D eigenvalue weighted by Crippen LogP contribution is 2.00. The molecule has 0 radical (unpaired) electrons. The Morgan fingerprint density at radius 1 is 1.30 bits per heavy atom. The van der Waals surface area contributed by atoms with Gasteiger partial charge in [0.05, 0.1) is 19.7 Å². The minimum Gasteiger partial charge on any atom is -0.445 e. The number of Topliss-reactive ketones (excluding diaryl/α,β-unsaturated/α-hetero) is 1. The lowest BCUT2D eigenvalue weighted by Gasteiger charge is -2.25. The molecule has 0 rings (SSSR count). The van der Waals surface area contributed by atoms with Gasteiger partial charge in [0, 0.05) is 0 Å². The van der Waals surface area contributed by atoms with Crippen molar-refractivity contribution in [3.05, 3.63) is 25.3 Å². The molecule has 0 spiro atoms. The van der Waals surface area contributed by atoms with Crippen LogP contribution in [0.5, 0.6) is 0 Å². The summed E-state index contributed by atoms with van der Waals surface area (Å²) in [5.41, 5.74) is 0. The second kappa shape index (κ2) is 10.7. The summed E-state index contributed by atoms with van der Waals surface area (Å²) in [5.74, 6) is -0.214. The van der Waals surface area contributed by atoms with E-state index >= 15 is 0 Å². The molecule has 0 aliphatic carbocycles. The van der Waals surface area contributed by atoms with Crippen molar-refractivity contribution in [1.29, 1.82) is 0 Å². The largest absolute Gasteiger partial charge is 0.445 e. The van der Waals surface area contributed by atoms with Crippen molar-refractivity contribution in [3.63, 3.8) is 0 Å². The molecule has 0 aliphatic heterocycles. The SMILES string of the molecule is C=CCOC(=O)N(CC(C)=O)CC(NC=O)OCC=C. The predicted molar refractivity (Wildman–Crippen MR) is 72.9 cm³/mol. The zero-order chi connectivity index (χ0) is 15.4. The van der Waals surface area contributed by atoms with Gasteiger partial charge in [-0.3, -0.25) is 14.5 Å². The van der Waals surface area contributed by atoms with Crippen LogP contribution in [-0.2, 0) is 19.1 Å². The van der Waals surface area contributed by atoms with E-state index in [-0.39, 0.29) is 32.1 Å². The number of ether oxygens (including phenoxy) is 2. The average molecular weight is 284 g/mol. The minimum absolute atomic E-state index is 0.0118. The zero-order valence-corrected chi connectivity index (χ0v) is 11.5. The van der Waals surface area contributed by atoms with E-state index in [1.54, 1.807) is 0 Å². The second-order valence-corrected chi connectivity index (χ2v) is 3.84. The molecule has 0 bridgehead atoms. The molecule has 20 heavy (non-hydrogen) atoms. The molecule has 7 nitrogen and oxygen atoms in total. The Hall–Kier alpha value is -2.15. The Morgan fingerprint density at radius 2 is 1.95 bits per heavy atom. The molecule has 112 valence electrons. The van der Waals surface area contributed by atoms with Crippen LogP contribution in [0.25, 0.3) is 0 Å². The molecule has 0 aliphatic rings. The van der Waals surface area contributed by atoms with Gasteiger partial charge in [0.15, 0.2) is 0 Å². The van der Waals surface area contributed by atoms with Crippen LogP contribution in [-0.4, -0.2) is 55.7 Å². The lowest BCUT2D eigenvalue weighted by Crippen LogP contribution is -2.46. The molecule has 0 fully saturated rings. The molecule has 0 heterocycles. The van der Waals surface area contributed by atoms with Gasteiger partial charge in [-0.05, 0) is 6.92 Å². The molecular weight excluding hydrogens is 264 g/mol. The van der Waals surface area contributed by atoms with Crippen LogP contribution < -0.4 is 5.32 Å². The third-order valence-corrected chi connectivity index (χ3v) is 2.05. The summed E-state index contributed by atoms with van der Waals surface area (Å²) >= 11 is 0. The van der Waals surface area contributed by atoms with E-state index in [0.717, 1.165) is 4.90 Å². The molecule has 2 amide bonds. The number of amides is 2. The Balaban J connectivity index is 4.67. The zero-order valence-electron chi connectivity index (χ0n) is 11.5. The molecule has 0 aromatic carbocycles. The Kier molecular flexibility index (Phi) is 9.59. The molecule has 7 heteroatoms. The Bertz CT molecular complexity index is 357. The maximum absolute atomic E-state index is 11.8. The minimum atomic E-state index is -0.749. The molecule has 0 aromatic heterocycles. The van der Waals surface area contributed by atoms with Gasteiger partial charge in [-0.25, -0.2) is 4.79 Å². The highest BCUT2D eigenvalue weighted by Gasteiger charge is 2.21. The monoisotopic (exact) mass is 284 g/mol. The third-order valence-electron chi connectivity index (χ3n) is 2.05. The lowest BCUT2D eigenvalue weighted by molar-refractivity contribution is -0.118. The van der Waals surface area contributed by atoms with E-state index in [0.29, 0.717) is 6.41 Å². The second-order valence-electron chi connectivity index (χ2n) is 3.84. The highest BCUT2D eigenvalue weighted by molar-refractivity contribution is 5.82. The van der Waals surface area contributed by atoms with Gasteiger partial charge >= 0.3 is 6.09 Å². The number of rotatable bonds is 11. The number of nitrogens with zero attached hydrogens (tertiary/aromatic N) is 1. The van der Waals surface area contributed by atoms with Gasteiger partial charge in [0.1, 0.15) is 18.6 Å². The van der Waals surface area contributed by atoms with Crippen LogP contribution in [0.1, 0.15) is 6.92 Å². The first-order chi connectivity index (χ1) is 9.54. The molecular formula is C13H20N2O5. The highest BCUT2D eigenvalue weighted by atomic mass is 16.6. The Labute approximate surface area is 118 Å². The summed E-state index contributed by atoms with van der Waals surface area (Å²) in [4.78, 5) is 34.6. The quantitative estimate of drug-likeness (QED) is 0.339. The van der Waals surface area contributed by atoms with Crippen LogP contribution >= 0.6 is 0 Å². The predicted octanol–water partition coefficient (Wildman–Crippen LogP) is 0.475. The summed E-state index contributed by atoms with van der Waals surface area (Å²) in [6, 6.07) is 0. The van der Waals surface area contributed by atoms with E-state index in [4.69, 9.17) is 9.47 Å². The van der Waals surface area contributed by atoms with E-state index in [2.05, 4.69) is 18.5 Å². The topological polar surface area (TPSA) is 84.9 Å². The number of hydrogen-bond acceptors (Lipinski definition) is 5. The van der Waals surface area contributed by atoms with Gasteiger partial charge in [-0.15, -0.1) is 6.58 Å². The van der Waals surface area contributed by atoms with Gasteiger partial charge in [0.2, 0.25) is 6.41 Å². The number of hydrogen-bond donors (Lipinski definition) is 1. The van der Waals surface area contributed by atoms with Crippen molar-refractivity contribution in [3.8, 4) is 0 Å². The van der Waals surface area contributed by atoms with Crippen LogP contribution in [0.3, 0.4) is 0 Å². The first-order valence-corrected chi connectivity index (χ1v) is 5.99. The van der Waals surface area contributed by atoms with Crippen molar-refractivity contribution in [2.45, 2.75) is 13.2 Å². The Morgan fingerprint density at radius 3 is 2.45 bits per heavy atom. The van der Waals surface area contributed by atoms with Gasteiger partial charge in [-0.1, -0.05) is 18.7 Å². The van der Waals surface area contributed by atoms with Crippen LogP contribution in [0, 0.1) is 0 Å². The molecule has 0 saturated carbocycles. The molecule has 0 aromatic rings. The van der Waals surface area contributed by atoms with Gasteiger partial charge < -0.3 is 14.8 Å². The van der Waals surface area contributed by atoms with E-state index in [9.17, 15) is 14.4 Å². The fraction of sp³-hybridized carbons (Fsp3) is 0.462. The van der Waals surface area contributed by atoms with E-state index < -0.39 is 12.3 Å². The summed E-state index contributed by atoms with van der Waals surface area (Å²) in [6.45, 7) is 8.34. The first-order valence-electron chi connectivity index (χ1n) is 5.99. The van der Waals surface area contributed by atoms with Crippen molar-refractivity contribution < 1.29 is 23.9 Å². The molecule has 1 unspecified atom stereocenters. The van der Waals surface area contributed by atoms with Crippen molar-refractivity contribution >= 4 is 18.3 Å². The molecule has 0 saturated heterocycles. The lowest BCUT2D eigenvalue weighted by atomic mass is 10.4. The van der Waals surface area contributed by atoms with Crippen molar-refractivity contribution in [1.82, 2.24) is 10.2 Å². The average Bonchev–Trinajstić information content (AvgIpc) is 2.41. The number of carbonyl (C=O) groups is 3. The van der Waals surface area contributed by atoms with Crippen LogP contribution in [0.4, 0.5) is 4.79 Å². The van der Waals surface area contributed by atoms with Crippen LogP contribution in [0.15, 0.2) is 25.3 Å². The van der Waals surface area contributed by atoms with Gasteiger partial charge in [0.25, 0.3) is 0 Å². The normalized spacial score (nSPS) is 11.1. The number of nitrogens with one attached hydrogen (secondary N) is 1. The van der Waals surface area contributed by atoms with Crippen molar-refractivity contribution in [2.75, 3.05) is 26.3 Å². The van der Waals surface area contributed by atoms with Crippen molar-refractivity contribution in [2.24, 2.45) is 0 Å². The smallest absolute Gasteiger partial charge is 0.410 e. The molecule has 1 N–H and O–H groups in total. The van der Waals surface area contributed by atoms with E-state index in [1.807, 2.05) is 0 Å². The summed E-state index contributed by atoms with van der Waals surface area (Å²) in [5, 5.41) is 2.40. The first kappa shape index (κ1) is 17.8. The maximum atomic E-state index is 11.8. The summed E-state index contributed by atoms with van der Waals surface area (Å²) in [7, 11) is 0. The van der Waals surface area contributed by atoms with Crippen LogP contribution in [0.2, 0.25) is 0 Å². The standard InChI is InChI=1S/C13H20N2O5/c1-4-6-19-12(14-10-16)9-15(8-11(3)17)13(18)20-7-5-2/h4-5,10,12H,1-2,6-9H2,3H3,(H,14,16). The van der Waals surface area contributed by atoms with E-state index in [1.165, 1.54) is 19.1 Å². The summed E-state index contributed by atoms with van der Waals surface area (Å²) < 4.78 is 10.1.